The summed E-state index contributed by atoms with van der Waals surface area (Å²) in [6.07, 6.45) is 6.09. The Morgan fingerprint density at radius 1 is 0.974 bits per heavy atom. The topological polar surface area (TPSA) is 44.8 Å². The molecular weight excluding hydrogens is 491 g/mol. The molecule has 0 aromatic heterocycles. The molecule has 0 radical (unpaired) electrons. The lowest BCUT2D eigenvalue weighted by Gasteiger charge is -2.30. The minimum absolute atomic E-state index is 0.134. The second-order valence-corrected chi connectivity index (χ2v) is 11.8. The Labute approximate surface area is 231 Å². The first-order chi connectivity index (χ1) is 18.8. The van der Waals surface area contributed by atoms with Crippen LogP contribution in [0.4, 0.5) is 4.39 Å². The molecule has 39 heavy (non-hydrogen) atoms. The van der Waals surface area contributed by atoms with Gasteiger partial charge in [0.15, 0.2) is 0 Å². The van der Waals surface area contributed by atoms with Crippen molar-refractivity contribution in [1.29, 1.82) is 0 Å². The molecule has 1 unspecified atom stereocenters. The standard InChI is InChI=1S/C34H39FO4/c1-34(2)16-6-9-31(34)29-17-22(10-14-27(29)30-19-25(37-3)13-15-32(30)35)21-39-26-8-5-7-24(18-26)28(23-11-12-23)20-33(36)38-4/h5,7-8,10,13-15,17-19,23,28,31H,6,9,11-12,16,20-21H2,1-4H3/t28?,31-/m0/s1. The summed E-state index contributed by atoms with van der Waals surface area (Å²) in [5.74, 6) is 2.04. The molecule has 2 fully saturated rings. The molecule has 0 aliphatic heterocycles. The van der Waals surface area contributed by atoms with Gasteiger partial charge < -0.3 is 14.2 Å². The van der Waals surface area contributed by atoms with Crippen LogP contribution < -0.4 is 9.47 Å². The highest BCUT2D eigenvalue weighted by atomic mass is 19.1. The van der Waals surface area contributed by atoms with Crippen LogP contribution in [-0.4, -0.2) is 20.2 Å². The van der Waals surface area contributed by atoms with Crippen molar-refractivity contribution in [2.45, 2.75) is 70.8 Å². The van der Waals surface area contributed by atoms with E-state index in [0.717, 1.165) is 48.1 Å². The van der Waals surface area contributed by atoms with Crippen LogP contribution in [0, 0.1) is 17.2 Å². The second-order valence-electron chi connectivity index (χ2n) is 11.8. The Hall–Kier alpha value is -3.34. The fourth-order valence-electron chi connectivity index (χ4n) is 6.30. The van der Waals surface area contributed by atoms with Gasteiger partial charge >= 0.3 is 5.97 Å². The van der Waals surface area contributed by atoms with Gasteiger partial charge in [0.05, 0.1) is 20.6 Å². The van der Waals surface area contributed by atoms with Crippen molar-refractivity contribution in [3.63, 3.8) is 0 Å². The number of ether oxygens (including phenoxy) is 3. The zero-order valence-electron chi connectivity index (χ0n) is 23.5. The summed E-state index contributed by atoms with van der Waals surface area (Å²) in [5, 5.41) is 0. The van der Waals surface area contributed by atoms with Crippen LogP contribution in [-0.2, 0) is 16.1 Å². The third-order valence-corrected chi connectivity index (χ3v) is 8.71. The third kappa shape index (κ3) is 6.13. The SMILES string of the molecule is COC(=O)CC(c1cccc(OCc2ccc(-c3cc(OC)ccc3F)c([C@@H]3CCCC3(C)C)c2)c1)C1CC1. The molecule has 206 valence electrons. The van der Waals surface area contributed by atoms with Crippen molar-refractivity contribution < 1.29 is 23.4 Å². The number of carbonyl (C=O) groups excluding carboxylic acids is 1. The number of carbonyl (C=O) groups is 1. The molecule has 5 heteroatoms. The second kappa shape index (κ2) is 11.4. The Balaban J connectivity index is 1.42. The Bertz CT molecular complexity index is 1330. The van der Waals surface area contributed by atoms with Crippen LogP contribution >= 0.6 is 0 Å². The minimum atomic E-state index is -0.245. The van der Waals surface area contributed by atoms with Gasteiger partial charge in [-0.25, -0.2) is 4.39 Å². The van der Waals surface area contributed by atoms with Gasteiger partial charge in [-0.2, -0.15) is 0 Å². The van der Waals surface area contributed by atoms with Crippen molar-refractivity contribution in [1.82, 2.24) is 0 Å². The number of rotatable bonds is 10. The van der Waals surface area contributed by atoms with Crippen LogP contribution in [0.25, 0.3) is 11.1 Å². The number of hydrogen-bond donors (Lipinski definition) is 0. The molecule has 3 aromatic carbocycles. The summed E-state index contributed by atoms with van der Waals surface area (Å²) in [4.78, 5) is 12.0. The molecule has 0 spiro atoms. The minimum Gasteiger partial charge on any atom is -0.497 e. The van der Waals surface area contributed by atoms with E-state index in [1.54, 1.807) is 19.2 Å². The monoisotopic (exact) mass is 530 g/mol. The zero-order valence-corrected chi connectivity index (χ0v) is 23.5. The number of halogens is 1. The highest BCUT2D eigenvalue weighted by Crippen LogP contribution is 2.51. The van der Waals surface area contributed by atoms with E-state index in [9.17, 15) is 4.79 Å². The fraction of sp³-hybridized carbons (Fsp3) is 0.441. The van der Waals surface area contributed by atoms with Crippen molar-refractivity contribution in [2.24, 2.45) is 11.3 Å². The summed E-state index contributed by atoms with van der Waals surface area (Å²) in [5.41, 5.74) is 4.98. The summed E-state index contributed by atoms with van der Waals surface area (Å²) in [6.45, 7) is 5.04. The molecule has 0 heterocycles. The van der Waals surface area contributed by atoms with Crippen molar-refractivity contribution in [3.8, 4) is 22.6 Å². The van der Waals surface area contributed by atoms with Crippen LogP contribution in [0.3, 0.4) is 0 Å². The van der Waals surface area contributed by atoms with E-state index >= 15 is 4.39 Å². The average molecular weight is 531 g/mol. The molecule has 0 saturated heterocycles. The molecule has 2 atom stereocenters. The number of hydrogen-bond acceptors (Lipinski definition) is 4. The normalized spacial score (nSPS) is 18.9. The first kappa shape index (κ1) is 27.2. The van der Waals surface area contributed by atoms with E-state index in [0.29, 0.717) is 36.2 Å². The van der Waals surface area contributed by atoms with Gasteiger partial charge in [-0.3, -0.25) is 4.79 Å². The van der Waals surface area contributed by atoms with Crippen molar-refractivity contribution >= 4 is 5.97 Å². The number of methoxy groups -OCH3 is 2. The van der Waals surface area contributed by atoms with Gasteiger partial charge in [-0.1, -0.05) is 50.6 Å². The first-order valence-electron chi connectivity index (χ1n) is 14.1. The molecule has 2 aliphatic carbocycles. The van der Waals surface area contributed by atoms with Gasteiger partial charge in [0.25, 0.3) is 0 Å². The predicted molar refractivity (Wildman–Crippen MR) is 152 cm³/mol. The predicted octanol–water partition coefficient (Wildman–Crippen LogP) is 8.43. The molecular formula is C34H39FO4. The lowest BCUT2D eigenvalue weighted by atomic mass is 9.75. The summed E-state index contributed by atoms with van der Waals surface area (Å²) < 4.78 is 31.7. The van der Waals surface area contributed by atoms with Crippen LogP contribution in [0.15, 0.2) is 60.7 Å². The largest absolute Gasteiger partial charge is 0.497 e. The van der Waals surface area contributed by atoms with Gasteiger partial charge in [-0.05, 0) is 101 Å². The maximum Gasteiger partial charge on any atom is 0.306 e. The van der Waals surface area contributed by atoms with Gasteiger partial charge in [-0.15, -0.1) is 0 Å². The lowest BCUT2D eigenvalue weighted by molar-refractivity contribution is -0.141. The third-order valence-electron chi connectivity index (χ3n) is 8.71. The maximum atomic E-state index is 15.1. The van der Waals surface area contributed by atoms with Gasteiger partial charge in [0, 0.05) is 5.56 Å². The van der Waals surface area contributed by atoms with E-state index in [1.165, 1.54) is 25.2 Å². The number of benzene rings is 3. The molecule has 5 rings (SSSR count). The van der Waals surface area contributed by atoms with Crippen molar-refractivity contribution in [2.75, 3.05) is 14.2 Å². The van der Waals surface area contributed by atoms with Gasteiger partial charge in [0.2, 0.25) is 0 Å². The smallest absolute Gasteiger partial charge is 0.306 e. The fourth-order valence-corrected chi connectivity index (χ4v) is 6.30. The lowest BCUT2D eigenvalue weighted by Crippen LogP contribution is -2.17. The van der Waals surface area contributed by atoms with E-state index in [1.807, 2.05) is 24.3 Å². The molecule has 0 amide bonds. The van der Waals surface area contributed by atoms with E-state index in [4.69, 9.17) is 14.2 Å². The summed E-state index contributed by atoms with van der Waals surface area (Å²) in [7, 11) is 3.05. The number of esters is 1. The highest BCUT2D eigenvalue weighted by molar-refractivity contribution is 5.71. The molecule has 0 bridgehead atoms. The molecule has 4 nitrogen and oxygen atoms in total. The van der Waals surface area contributed by atoms with Crippen LogP contribution in [0.5, 0.6) is 11.5 Å². The van der Waals surface area contributed by atoms with E-state index < -0.39 is 0 Å². The van der Waals surface area contributed by atoms with Gasteiger partial charge in [0.1, 0.15) is 23.9 Å². The maximum absolute atomic E-state index is 15.1. The van der Waals surface area contributed by atoms with E-state index in [-0.39, 0.29) is 23.1 Å². The summed E-state index contributed by atoms with van der Waals surface area (Å²) >= 11 is 0. The van der Waals surface area contributed by atoms with Crippen molar-refractivity contribution in [3.05, 3.63) is 83.2 Å². The summed E-state index contributed by atoms with van der Waals surface area (Å²) in [6, 6.07) is 19.3. The van der Waals surface area contributed by atoms with Crippen LogP contribution in [0.2, 0.25) is 0 Å². The van der Waals surface area contributed by atoms with Crippen LogP contribution in [0.1, 0.15) is 80.9 Å². The average Bonchev–Trinajstić information content (AvgIpc) is 3.72. The Morgan fingerprint density at radius 2 is 1.79 bits per heavy atom. The quantitative estimate of drug-likeness (QED) is 0.247. The first-order valence-corrected chi connectivity index (χ1v) is 14.1. The Kier molecular flexibility index (Phi) is 7.97. The molecule has 2 saturated carbocycles. The van der Waals surface area contributed by atoms with E-state index in [2.05, 4.69) is 32.0 Å². The highest BCUT2D eigenvalue weighted by Gasteiger charge is 2.37. The molecule has 0 N–H and O–H groups in total. The molecule has 2 aliphatic rings. The zero-order chi connectivity index (χ0) is 27.6. The molecule has 3 aromatic rings. The Morgan fingerprint density at radius 3 is 2.49 bits per heavy atom.